The summed E-state index contributed by atoms with van der Waals surface area (Å²) in [5.41, 5.74) is 3.98. The summed E-state index contributed by atoms with van der Waals surface area (Å²) in [6, 6.07) is 15.8. The molecule has 0 bridgehead atoms. The van der Waals surface area contributed by atoms with Crippen molar-refractivity contribution >= 4 is 22.6 Å². The Labute approximate surface area is 128 Å². The lowest BCUT2D eigenvalue weighted by atomic mass is 10.0. The lowest BCUT2D eigenvalue weighted by Gasteiger charge is -2.29. The number of aryl methyl sites for hydroxylation is 1. The number of amides is 1. The molecule has 1 aliphatic heterocycles. The molecule has 22 heavy (non-hydrogen) atoms. The summed E-state index contributed by atoms with van der Waals surface area (Å²) in [6.45, 7) is 0.983. The summed E-state index contributed by atoms with van der Waals surface area (Å²) in [7, 11) is 0. The molecule has 4 rings (SSSR count). The minimum Gasteiger partial charge on any atom is -0.311 e. The van der Waals surface area contributed by atoms with Crippen molar-refractivity contribution in [2.75, 3.05) is 11.4 Å². The Morgan fingerprint density at radius 1 is 1.09 bits per heavy atom. The molecule has 0 atom stereocenters. The van der Waals surface area contributed by atoms with E-state index in [2.05, 4.69) is 16.4 Å². The van der Waals surface area contributed by atoms with Gasteiger partial charge < -0.3 is 4.90 Å². The fourth-order valence-corrected chi connectivity index (χ4v) is 3.04. The number of carbonyl (C=O) groups is 1. The third-order valence-corrected chi connectivity index (χ3v) is 4.12. The molecule has 0 radical (unpaired) electrons. The second kappa shape index (κ2) is 5.26. The first kappa shape index (κ1) is 13.0. The van der Waals surface area contributed by atoms with Crippen molar-refractivity contribution in [3.05, 3.63) is 54.1 Å². The van der Waals surface area contributed by atoms with E-state index in [1.165, 1.54) is 5.56 Å². The quantitative estimate of drug-likeness (QED) is 0.729. The summed E-state index contributed by atoms with van der Waals surface area (Å²) >= 11 is 0. The zero-order chi connectivity index (χ0) is 14.9. The summed E-state index contributed by atoms with van der Waals surface area (Å²) < 4.78 is 1.68. The Hall–Kier alpha value is -2.69. The van der Waals surface area contributed by atoms with E-state index in [1.54, 1.807) is 4.68 Å². The average Bonchev–Trinajstić information content (AvgIpc) is 2.97. The van der Waals surface area contributed by atoms with Crippen LogP contribution in [-0.4, -0.2) is 27.4 Å². The second-order valence-corrected chi connectivity index (χ2v) is 5.51. The average molecular weight is 292 g/mol. The lowest BCUT2D eigenvalue weighted by Crippen LogP contribution is -2.37. The van der Waals surface area contributed by atoms with Gasteiger partial charge in [-0.2, -0.15) is 0 Å². The molecule has 0 N–H and O–H groups in total. The predicted octanol–water partition coefficient (Wildman–Crippen LogP) is 2.41. The fourth-order valence-electron chi connectivity index (χ4n) is 3.04. The van der Waals surface area contributed by atoms with E-state index >= 15 is 0 Å². The summed E-state index contributed by atoms with van der Waals surface area (Å²) in [6.07, 6.45) is 2.03. The van der Waals surface area contributed by atoms with Crippen LogP contribution in [0.4, 0.5) is 5.69 Å². The van der Waals surface area contributed by atoms with Gasteiger partial charge in [-0.1, -0.05) is 35.5 Å². The minimum absolute atomic E-state index is 0.0582. The molecule has 5 nitrogen and oxygen atoms in total. The molecule has 0 unspecified atom stereocenters. The van der Waals surface area contributed by atoms with Crippen molar-refractivity contribution in [3.8, 4) is 0 Å². The van der Waals surface area contributed by atoms with E-state index in [9.17, 15) is 4.79 Å². The number of para-hydroxylation sites is 2. The number of fused-ring (bicyclic) bond motifs is 2. The highest BCUT2D eigenvalue weighted by Gasteiger charge is 2.22. The van der Waals surface area contributed by atoms with E-state index in [0.717, 1.165) is 36.1 Å². The first-order valence-electron chi connectivity index (χ1n) is 7.49. The Balaban J connectivity index is 1.63. The summed E-state index contributed by atoms with van der Waals surface area (Å²) in [4.78, 5) is 14.6. The van der Waals surface area contributed by atoms with Crippen LogP contribution in [-0.2, 0) is 17.8 Å². The van der Waals surface area contributed by atoms with Crippen molar-refractivity contribution in [2.24, 2.45) is 0 Å². The first-order chi connectivity index (χ1) is 10.8. The number of hydrogen-bond acceptors (Lipinski definition) is 3. The van der Waals surface area contributed by atoms with Crippen LogP contribution < -0.4 is 4.90 Å². The van der Waals surface area contributed by atoms with Gasteiger partial charge >= 0.3 is 0 Å². The molecule has 1 aromatic heterocycles. The molecule has 0 aliphatic carbocycles. The number of nitrogens with zero attached hydrogens (tertiary/aromatic N) is 4. The molecular formula is C17H16N4O. The van der Waals surface area contributed by atoms with Crippen LogP contribution in [0.25, 0.3) is 11.0 Å². The molecule has 2 aromatic carbocycles. The highest BCUT2D eigenvalue weighted by molar-refractivity contribution is 5.95. The number of hydrogen-bond donors (Lipinski definition) is 0. The second-order valence-electron chi connectivity index (χ2n) is 5.51. The minimum atomic E-state index is 0.0582. The van der Waals surface area contributed by atoms with Gasteiger partial charge in [0, 0.05) is 12.2 Å². The maximum Gasteiger partial charge on any atom is 0.248 e. The molecule has 1 aliphatic rings. The molecule has 0 saturated carbocycles. The van der Waals surface area contributed by atoms with Crippen molar-refractivity contribution in [1.29, 1.82) is 0 Å². The van der Waals surface area contributed by atoms with Crippen LogP contribution in [0.1, 0.15) is 12.0 Å². The highest BCUT2D eigenvalue weighted by Crippen LogP contribution is 2.27. The smallest absolute Gasteiger partial charge is 0.248 e. The molecule has 0 fully saturated rings. The number of anilines is 1. The zero-order valence-corrected chi connectivity index (χ0v) is 12.1. The van der Waals surface area contributed by atoms with Gasteiger partial charge in [0.15, 0.2) is 0 Å². The number of aromatic nitrogens is 3. The van der Waals surface area contributed by atoms with E-state index < -0.39 is 0 Å². The topological polar surface area (TPSA) is 51.0 Å². The number of benzene rings is 2. The van der Waals surface area contributed by atoms with Gasteiger partial charge in [-0.05, 0) is 36.6 Å². The zero-order valence-electron chi connectivity index (χ0n) is 12.1. The first-order valence-corrected chi connectivity index (χ1v) is 7.49. The molecule has 3 aromatic rings. The van der Waals surface area contributed by atoms with E-state index in [-0.39, 0.29) is 12.5 Å². The van der Waals surface area contributed by atoms with Crippen molar-refractivity contribution in [1.82, 2.24) is 15.0 Å². The summed E-state index contributed by atoms with van der Waals surface area (Å²) in [5.74, 6) is 0.0582. The molecule has 5 heteroatoms. The molecule has 1 amide bonds. The standard InChI is InChI=1S/C17H16N4O/c22-17(12-21-16-10-4-2-8-14(16)18-19-21)20-11-5-7-13-6-1-3-9-15(13)20/h1-4,6,8-10H,5,7,11-12H2. The van der Waals surface area contributed by atoms with E-state index in [1.807, 2.05) is 47.4 Å². The van der Waals surface area contributed by atoms with Gasteiger partial charge in [0.1, 0.15) is 12.1 Å². The SMILES string of the molecule is O=C(Cn1nnc2ccccc21)N1CCCc2ccccc21. The summed E-state index contributed by atoms with van der Waals surface area (Å²) in [5, 5.41) is 8.21. The van der Waals surface area contributed by atoms with Gasteiger partial charge in [0.2, 0.25) is 5.91 Å². The Kier molecular flexibility index (Phi) is 3.11. The maximum absolute atomic E-state index is 12.7. The Morgan fingerprint density at radius 2 is 1.91 bits per heavy atom. The van der Waals surface area contributed by atoms with Crippen LogP contribution in [0.3, 0.4) is 0 Å². The van der Waals surface area contributed by atoms with Crippen LogP contribution in [0.2, 0.25) is 0 Å². The van der Waals surface area contributed by atoms with Crippen molar-refractivity contribution in [3.63, 3.8) is 0 Å². The third kappa shape index (κ3) is 2.15. The fraction of sp³-hybridized carbons (Fsp3) is 0.235. The maximum atomic E-state index is 12.7. The monoisotopic (exact) mass is 292 g/mol. The third-order valence-electron chi connectivity index (χ3n) is 4.12. The Morgan fingerprint density at radius 3 is 2.86 bits per heavy atom. The van der Waals surface area contributed by atoms with Crippen LogP contribution in [0.15, 0.2) is 48.5 Å². The molecule has 2 heterocycles. The largest absolute Gasteiger partial charge is 0.311 e. The van der Waals surface area contributed by atoms with Gasteiger partial charge in [0.05, 0.1) is 5.52 Å². The van der Waals surface area contributed by atoms with Gasteiger partial charge in [-0.25, -0.2) is 4.68 Å². The van der Waals surface area contributed by atoms with Crippen molar-refractivity contribution in [2.45, 2.75) is 19.4 Å². The number of carbonyl (C=O) groups excluding carboxylic acids is 1. The highest BCUT2D eigenvalue weighted by atomic mass is 16.2. The molecule has 0 saturated heterocycles. The van der Waals surface area contributed by atoms with Gasteiger partial charge in [0.25, 0.3) is 0 Å². The van der Waals surface area contributed by atoms with Crippen molar-refractivity contribution < 1.29 is 4.79 Å². The lowest BCUT2D eigenvalue weighted by molar-refractivity contribution is -0.119. The normalized spacial score (nSPS) is 14.1. The van der Waals surface area contributed by atoms with Crippen LogP contribution in [0.5, 0.6) is 0 Å². The molecule has 0 spiro atoms. The van der Waals surface area contributed by atoms with Crippen LogP contribution >= 0.6 is 0 Å². The van der Waals surface area contributed by atoms with Gasteiger partial charge in [-0.3, -0.25) is 4.79 Å². The van der Waals surface area contributed by atoms with E-state index in [4.69, 9.17) is 0 Å². The van der Waals surface area contributed by atoms with E-state index in [0.29, 0.717) is 0 Å². The van der Waals surface area contributed by atoms with Gasteiger partial charge in [-0.15, -0.1) is 5.10 Å². The van der Waals surface area contributed by atoms with Crippen LogP contribution in [0, 0.1) is 0 Å². The Bertz CT molecular complexity index is 839. The molecular weight excluding hydrogens is 276 g/mol. The predicted molar refractivity (Wildman–Crippen MR) is 84.6 cm³/mol. The molecule has 110 valence electrons. The number of rotatable bonds is 2.